The number of aromatic nitrogens is 1. The first-order chi connectivity index (χ1) is 15.7. The standard InChI is InChI=1S/C24H29N3O5S/c1-4-26(21-15-17(2)7-8-18(21)3)23(28)11-14-27-20-10-9-19(16-22(20)32-24(27)29)33(30,31)25-12-5-6-13-25/h7-10,15-16H,4-6,11-14H2,1-3H3. The summed E-state index contributed by atoms with van der Waals surface area (Å²) >= 11 is 0. The second kappa shape index (κ2) is 9.15. The van der Waals surface area contributed by atoms with Gasteiger partial charge in [0, 0.05) is 44.4 Å². The number of hydrogen-bond donors (Lipinski definition) is 0. The minimum atomic E-state index is -3.61. The summed E-state index contributed by atoms with van der Waals surface area (Å²) in [5, 5.41) is 0. The smallest absolute Gasteiger partial charge is 0.408 e. The Labute approximate surface area is 193 Å². The highest BCUT2D eigenvalue weighted by Gasteiger charge is 2.28. The van der Waals surface area contributed by atoms with E-state index >= 15 is 0 Å². The van der Waals surface area contributed by atoms with E-state index in [0.717, 1.165) is 29.7 Å². The van der Waals surface area contributed by atoms with E-state index in [1.807, 2.05) is 39.0 Å². The molecule has 176 valence electrons. The van der Waals surface area contributed by atoms with E-state index in [2.05, 4.69) is 0 Å². The molecule has 0 radical (unpaired) electrons. The molecule has 0 spiro atoms. The van der Waals surface area contributed by atoms with Gasteiger partial charge in [0.1, 0.15) is 0 Å². The van der Waals surface area contributed by atoms with Crippen LogP contribution < -0.4 is 10.7 Å². The molecule has 3 aromatic rings. The molecule has 1 aromatic heterocycles. The summed E-state index contributed by atoms with van der Waals surface area (Å²) in [6.07, 6.45) is 1.80. The molecule has 1 aliphatic rings. The van der Waals surface area contributed by atoms with Crippen LogP contribution in [0, 0.1) is 13.8 Å². The molecule has 1 amide bonds. The van der Waals surface area contributed by atoms with Gasteiger partial charge in [-0.25, -0.2) is 13.2 Å². The number of sulfonamides is 1. The van der Waals surface area contributed by atoms with Gasteiger partial charge in [0.25, 0.3) is 0 Å². The van der Waals surface area contributed by atoms with Crippen molar-refractivity contribution in [2.45, 2.75) is 51.5 Å². The summed E-state index contributed by atoms with van der Waals surface area (Å²) < 4.78 is 33.8. The normalized spacial score (nSPS) is 14.8. The number of nitrogens with zero attached hydrogens (tertiary/aromatic N) is 3. The van der Waals surface area contributed by atoms with Gasteiger partial charge in [-0.3, -0.25) is 9.36 Å². The predicted molar refractivity (Wildman–Crippen MR) is 127 cm³/mol. The number of benzene rings is 2. The van der Waals surface area contributed by atoms with E-state index in [9.17, 15) is 18.0 Å². The van der Waals surface area contributed by atoms with Crippen molar-refractivity contribution in [3.05, 3.63) is 58.1 Å². The van der Waals surface area contributed by atoms with Crippen LogP contribution in [0.5, 0.6) is 0 Å². The van der Waals surface area contributed by atoms with Gasteiger partial charge in [0.05, 0.1) is 10.4 Å². The van der Waals surface area contributed by atoms with Gasteiger partial charge in [-0.1, -0.05) is 12.1 Å². The fourth-order valence-electron chi connectivity index (χ4n) is 4.33. The van der Waals surface area contributed by atoms with E-state index in [4.69, 9.17) is 4.42 Å². The lowest BCUT2D eigenvalue weighted by atomic mass is 10.1. The highest BCUT2D eigenvalue weighted by Crippen LogP contribution is 2.25. The van der Waals surface area contributed by atoms with Crippen molar-refractivity contribution in [3.8, 4) is 0 Å². The Morgan fingerprint density at radius 1 is 1.09 bits per heavy atom. The molecule has 9 heteroatoms. The molecule has 0 unspecified atom stereocenters. The molecular formula is C24H29N3O5S. The van der Waals surface area contributed by atoms with Crippen molar-refractivity contribution in [3.63, 3.8) is 0 Å². The van der Waals surface area contributed by atoms with E-state index in [-0.39, 0.29) is 29.4 Å². The number of hydrogen-bond acceptors (Lipinski definition) is 5. The lowest BCUT2D eigenvalue weighted by Gasteiger charge is -2.23. The summed E-state index contributed by atoms with van der Waals surface area (Å²) in [5.74, 6) is -0.705. The molecule has 8 nitrogen and oxygen atoms in total. The number of rotatable bonds is 7. The summed E-state index contributed by atoms with van der Waals surface area (Å²) in [5.41, 5.74) is 3.62. The lowest BCUT2D eigenvalue weighted by molar-refractivity contribution is -0.118. The third-order valence-corrected chi connectivity index (χ3v) is 8.06. The second-order valence-corrected chi connectivity index (χ2v) is 10.4. The Kier molecular flexibility index (Phi) is 6.45. The zero-order chi connectivity index (χ0) is 23.8. The van der Waals surface area contributed by atoms with Crippen molar-refractivity contribution < 1.29 is 17.6 Å². The van der Waals surface area contributed by atoms with Gasteiger partial charge in [0.2, 0.25) is 15.9 Å². The zero-order valence-corrected chi connectivity index (χ0v) is 20.0. The molecule has 1 fully saturated rings. The van der Waals surface area contributed by atoms with Crippen LogP contribution in [0.15, 0.2) is 50.5 Å². The third-order valence-electron chi connectivity index (χ3n) is 6.16. The molecule has 0 saturated carbocycles. The van der Waals surface area contributed by atoms with Crippen molar-refractivity contribution in [1.29, 1.82) is 0 Å². The van der Waals surface area contributed by atoms with Gasteiger partial charge in [-0.2, -0.15) is 4.31 Å². The van der Waals surface area contributed by atoms with Crippen LogP contribution >= 0.6 is 0 Å². The summed E-state index contributed by atoms with van der Waals surface area (Å²) in [4.78, 5) is 27.3. The third kappa shape index (κ3) is 4.47. The number of amides is 1. The first-order valence-electron chi connectivity index (χ1n) is 11.2. The lowest BCUT2D eigenvalue weighted by Crippen LogP contribution is -2.32. The fourth-order valence-corrected chi connectivity index (χ4v) is 5.86. The molecule has 0 atom stereocenters. The molecule has 0 bridgehead atoms. The van der Waals surface area contributed by atoms with E-state index in [1.165, 1.54) is 21.0 Å². The topological polar surface area (TPSA) is 92.8 Å². The first kappa shape index (κ1) is 23.3. The van der Waals surface area contributed by atoms with Crippen LogP contribution in [0.1, 0.15) is 37.3 Å². The maximum absolute atomic E-state index is 13.0. The first-order valence-corrected chi connectivity index (χ1v) is 12.7. The van der Waals surface area contributed by atoms with Crippen molar-refractivity contribution >= 4 is 32.7 Å². The van der Waals surface area contributed by atoms with Gasteiger partial charge in [-0.05, 0) is 62.9 Å². The molecule has 4 rings (SSSR count). The van der Waals surface area contributed by atoms with Crippen LogP contribution in [0.4, 0.5) is 5.69 Å². The van der Waals surface area contributed by atoms with Crippen LogP contribution in [0.25, 0.3) is 11.1 Å². The molecule has 2 aromatic carbocycles. The fraction of sp³-hybridized carbons (Fsp3) is 0.417. The molecule has 2 heterocycles. The highest BCUT2D eigenvalue weighted by atomic mass is 32.2. The van der Waals surface area contributed by atoms with Crippen LogP contribution in [-0.2, 0) is 21.4 Å². The Morgan fingerprint density at radius 3 is 2.52 bits per heavy atom. The van der Waals surface area contributed by atoms with Gasteiger partial charge < -0.3 is 9.32 Å². The van der Waals surface area contributed by atoms with E-state index < -0.39 is 15.8 Å². The van der Waals surface area contributed by atoms with Crippen molar-refractivity contribution in [2.24, 2.45) is 0 Å². The molecule has 33 heavy (non-hydrogen) atoms. The minimum Gasteiger partial charge on any atom is -0.408 e. The zero-order valence-electron chi connectivity index (χ0n) is 19.2. The van der Waals surface area contributed by atoms with Gasteiger partial charge >= 0.3 is 5.76 Å². The maximum atomic E-state index is 13.0. The SMILES string of the molecule is CCN(C(=O)CCn1c(=O)oc2cc(S(=O)(=O)N3CCCC3)ccc21)c1cc(C)ccc1C. The van der Waals surface area contributed by atoms with Crippen molar-refractivity contribution in [2.75, 3.05) is 24.5 Å². The Morgan fingerprint density at radius 2 is 1.82 bits per heavy atom. The Hall–Kier alpha value is -2.91. The number of fused-ring (bicyclic) bond motifs is 1. The summed E-state index contributed by atoms with van der Waals surface area (Å²) in [6, 6.07) is 10.5. The molecule has 0 aliphatic carbocycles. The average Bonchev–Trinajstić information content (AvgIpc) is 3.43. The number of carbonyl (C=O) groups excluding carboxylic acids is 1. The Bertz CT molecular complexity index is 1350. The average molecular weight is 472 g/mol. The number of oxazole rings is 1. The van der Waals surface area contributed by atoms with E-state index in [1.54, 1.807) is 11.0 Å². The van der Waals surface area contributed by atoms with E-state index in [0.29, 0.717) is 25.2 Å². The summed E-state index contributed by atoms with van der Waals surface area (Å²) in [7, 11) is -3.61. The van der Waals surface area contributed by atoms with Gasteiger partial charge in [-0.15, -0.1) is 0 Å². The van der Waals surface area contributed by atoms with Crippen LogP contribution in [-0.4, -0.2) is 42.8 Å². The highest BCUT2D eigenvalue weighted by molar-refractivity contribution is 7.89. The molecule has 1 saturated heterocycles. The van der Waals surface area contributed by atoms with Crippen LogP contribution in [0.2, 0.25) is 0 Å². The Balaban J connectivity index is 1.56. The number of aryl methyl sites for hydroxylation is 3. The van der Waals surface area contributed by atoms with Crippen molar-refractivity contribution in [1.82, 2.24) is 8.87 Å². The predicted octanol–water partition coefficient (Wildman–Crippen LogP) is 3.44. The monoisotopic (exact) mass is 471 g/mol. The quantitative estimate of drug-likeness (QED) is 0.526. The largest absolute Gasteiger partial charge is 0.419 e. The second-order valence-electron chi connectivity index (χ2n) is 8.44. The maximum Gasteiger partial charge on any atom is 0.419 e. The minimum absolute atomic E-state index is 0.0966. The molecule has 0 N–H and O–H groups in total. The van der Waals surface area contributed by atoms with Gasteiger partial charge in [0.15, 0.2) is 5.58 Å². The number of anilines is 1. The van der Waals surface area contributed by atoms with Crippen LogP contribution in [0.3, 0.4) is 0 Å². The molecular weight excluding hydrogens is 442 g/mol. The molecule has 1 aliphatic heterocycles. The summed E-state index contributed by atoms with van der Waals surface area (Å²) in [6.45, 7) is 7.53. The number of carbonyl (C=O) groups is 1.